The van der Waals surface area contributed by atoms with Crippen molar-refractivity contribution in [2.24, 2.45) is 17.8 Å². The molecule has 0 bridgehead atoms. The lowest BCUT2D eigenvalue weighted by molar-refractivity contribution is -0.145. The van der Waals surface area contributed by atoms with E-state index >= 15 is 0 Å². The summed E-state index contributed by atoms with van der Waals surface area (Å²) < 4.78 is 72.0. The van der Waals surface area contributed by atoms with Gasteiger partial charge in [0.2, 0.25) is 15.8 Å². The van der Waals surface area contributed by atoms with Gasteiger partial charge in [-0.15, -0.1) is 0 Å². The number of hydrogen-bond donors (Lipinski definition) is 0. The van der Waals surface area contributed by atoms with Gasteiger partial charge in [-0.05, 0) is 44.4 Å². The van der Waals surface area contributed by atoms with Gasteiger partial charge in [-0.3, -0.25) is 0 Å². The van der Waals surface area contributed by atoms with Crippen LogP contribution in [0.25, 0.3) is 0 Å². The maximum absolute atomic E-state index is 13.2. The van der Waals surface area contributed by atoms with Crippen molar-refractivity contribution in [2.45, 2.75) is 37.8 Å². The van der Waals surface area contributed by atoms with Crippen molar-refractivity contribution in [3.63, 3.8) is 0 Å². The molecule has 0 amide bonds. The Hall–Kier alpha value is -1.30. The summed E-state index contributed by atoms with van der Waals surface area (Å²) in [5.41, 5.74) is -0.318. The molecule has 4 heterocycles. The van der Waals surface area contributed by atoms with Crippen molar-refractivity contribution in [1.82, 2.24) is 19.2 Å². The second kappa shape index (κ2) is 7.99. The van der Waals surface area contributed by atoms with Gasteiger partial charge in [-0.1, -0.05) is 0 Å². The Kier molecular flexibility index (Phi) is 5.84. The van der Waals surface area contributed by atoms with Gasteiger partial charge in [0.05, 0.1) is 11.4 Å². The minimum Gasteiger partial charge on any atom is -0.381 e. The van der Waals surface area contributed by atoms with Crippen LogP contribution in [0.1, 0.15) is 30.1 Å². The molecule has 1 aromatic rings. The fraction of sp³-hybridized carbons (Fsp3) is 0.789. The Labute approximate surface area is 174 Å². The van der Waals surface area contributed by atoms with Crippen molar-refractivity contribution in [2.75, 3.05) is 45.9 Å². The zero-order chi connectivity index (χ0) is 21.7. The van der Waals surface area contributed by atoms with Gasteiger partial charge in [0.1, 0.15) is 4.90 Å². The molecule has 0 N–H and O–H groups in total. The van der Waals surface area contributed by atoms with E-state index in [0.717, 1.165) is 45.7 Å². The van der Waals surface area contributed by atoms with Crippen molar-refractivity contribution in [1.29, 1.82) is 0 Å². The number of hydrogen-bond acceptors (Lipinski definition) is 6. The summed E-state index contributed by atoms with van der Waals surface area (Å²) in [6.07, 6.45) is -2.58. The first-order chi connectivity index (χ1) is 14.1. The van der Waals surface area contributed by atoms with E-state index < -0.39 is 22.0 Å². The van der Waals surface area contributed by atoms with Crippen LogP contribution < -0.4 is 0 Å². The average Bonchev–Trinajstić information content (AvgIpc) is 3.20. The molecular formula is C19H27F3N4O3S. The van der Waals surface area contributed by atoms with E-state index in [2.05, 4.69) is 14.9 Å². The first-order valence-electron chi connectivity index (χ1n) is 10.3. The van der Waals surface area contributed by atoms with Crippen LogP contribution in [-0.4, -0.2) is 73.5 Å². The molecule has 0 saturated carbocycles. The van der Waals surface area contributed by atoms with Crippen LogP contribution in [0.2, 0.25) is 0 Å². The summed E-state index contributed by atoms with van der Waals surface area (Å²) in [7, 11) is -3.94. The lowest BCUT2D eigenvalue weighted by Gasteiger charge is -2.28. The Balaban J connectivity index is 1.45. The summed E-state index contributed by atoms with van der Waals surface area (Å²) in [4.78, 5) is 9.09. The van der Waals surface area contributed by atoms with Gasteiger partial charge in [0.15, 0.2) is 0 Å². The van der Waals surface area contributed by atoms with Crippen LogP contribution in [0.3, 0.4) is 0 Å². The summed E-state index contributed by atoms with van der Waals surface area (Å²) in [6, 6.07) is 0. The van der Waals surface area contributed by atoms with Gasteiger partial charge in [0.25, 0.3) is 0 Å². The van der Waals surface area contributed by atoms with E-state index in [9.17, 15) is 21.6 Å². The smallest absolute Gasteiger partial charge is 0.381 e. The number of likely N-dealkylation sites (tertiary alicyclic amines) is 1. The highest BCUT2D eigenvalue weighted by molar-refractivity contribution is 7.89. The van der Waals surface area contributed by atoms with E-state index in [0.29, 0.717) is 19.0 Å². The van der Waals surface area contributed by atoms with E-state index in [4.69, 9.17) is 4.74 Å². The molecule has 0 radical (unpaired) electrons. The zero-order valence-corrected chi connectivity index (χ0v) is 18.0. The van der Waals surface area contributed by atoms with Crippen molar-refractivity contribution in [3.8, 4) is 0 Å². The number of rotatable bonds is 4. The molecule has 7 nitrogen and oxygen atoms in total. The topological polar surface area (TPSA) is 75.6 Å². The fourth-order valence-corrected chi connectivity index (χ4v) is 6.89. The minimum absolute atomic E-state index is 0.159. The molecule has 3 fully saturated rings. The second-order valence-corrected chi connectivity index (χ2v) is 10.5. The van der Waals surface area contributed by atoms with E-state index in [1.807, 2.05) is 0 Å². The maximum Gasteiger partial charge on any atom is 0.451 e. The summed E-state index contributed by atoms with van der Waals surface area (Å²) in [6.45, 7) is 7.72. The quantitative estimate of drug-likeness (QED) is 0.702. The molecule has 3 aliphatic rings. The highest BCUT2D eigenvalue weighted by Gasteiger charge is 2.46. The number of ether oxygens (including phenoxy) is 1. The van der Waals surface area contributed by atoms with Gasteiger partial charge in [-0.25, -0.2) is 18.4 Å². The molecule has 1 aromatic heterocycles. The molecule has 0 spiro atoms. The second-order valence-electron chi connectivity index (χ2n) is 8.66. The largest absolute Gasteiger partial charge is 0.451 e. The molecule has 3 aliphatic heterocycles. The third kappa shape index (κ3) is 4.21. The van der Waals surface area contributed by atoms with E-state index in [-0.39, 0.29) is 28.1 Å². The minimum atomic E-state index is -4.71. The highest BCUT2D eigenvalue weighted by Crippen LogP contribution is 2.36. The van der Waals surface area contributed by atoms with Crippen molar-refractivity contribution >= 4 is 10.0 Å². The molecule has 0 aliphatic carbocycles. The average molecular weight is 449 g/mol. The monoisotopic (exact) mass is 448 g/mol. The zero-order valence-electron chi connectivity index (χ0n) is 17.2. The standard InChI is InChI=1S/C19H27F3N4O3S/c1-12-17(13(2)24-18(23-12)19(20,21)22)30(27,28)26-10-15-8-25(9-16(15)11-26)7-14-3-5-29-6-4-14/h14-16H,3-11H2,1-2H3/t15-,16-/m1/s1. The van der Waals surface area contributed by atoms with Crippen LogP contribution in [-0.2, 0) is 20.9 Å². The maximum atomic E-state index is 13.2. The Morgan fingerprint density at radius 3 is 2.03 bits per heavy atom. The molecule has 30 heavy (non-hydrogen) atoms. The Bertz CT molecular complexity index is 866. The number of halogens is 3. The predicted molar refractivity (Wildman–Crippen MR) is 102 cm³/mol. The molecule has 0 aromatic carbocycles. The van der Waals surface area contributed by atoms with Gasteiger partial charge in [-0.2, -0.15) is 17.5 Å². The number of alkyl halides is 3. The summed E-state index contributed by atoms with van der Waals surface area (Å²) >= 11 is 0. The highest BCUT2D eigenvalue weighted by atomic mass is 32.2. The third-order valence-electron chi connectivity index (χ3n) is 6.44. The van der Waals surface area contributed by atoms with Crippen molar-refractivity contribution in [3.05, 3.63) is 17.2 Å². The van der Waals surface area contributed by atoms with Crippen LogP contribution in [0.4, 0.5) is 13.2 Å². The van der Waals surface area contributed by atoms with Crippen molar-refractivity contribution < 1.29 is 26.3 Å². The SMILES string of the molecule is Cc1nc(C(F)(F)F)nc(C)c1S(=O)(=O)N1C[C@H]2CN(CC3CCOCC3)C[C@@H]2C1. The van der Waals surface area contributed by atoms with Crippen LogP contribution in [0, 0.1) is 31.6 Å². The first-order valence-corrected chi connectivity index (χ1v) is 11.7. The molecular weight excluding hydrogens is 421 g/mol. The lowest BCUT2D eigenvalue weighted by Crippen LogP contribution is -2.36. The summed E-state index contributed by atoms with van der Waals surface area (Å²) in [5.74, 6) is -0.184. The lowest BCUT2D eigenvalue weighted by atomic mass is 10.00. The molecule has 0 unspecified atom stereocenters. The van der Waals surface area contributed by atoms with Gasteiger partial charge < -0.3 is 9.64 Å². The third-order valence-corrected chi connectivity index (χ3v) is 8.53. The fourth-order valence-electron chi connectivity index (χ4n) is 5.02. The first kappa shape index (κ1) is 21.9. The number of sulfonamides is 1. The normalized spacial score (nSPS) is 27.0. The van der Waals surface area contributed by atoms with Gasteiger partial charge >= 0.3 is 6.18 Å². The summed E-state index contributed by atoms with van der Waals surface area (Å²) in [5, 5.41) is 0. The number of nitrogens with zero attached hydrogens (tertiary/aromatic N) is 4. The van der Waals surface area contributed by atoms with Crippen LogP contribution in [0.5, 0.6) is 0 Å². The number of aromatic nitrogens is 2. The number of aryl methyl sites for hydroxylation is 2. The molecule has 2 atom stereocenters. The van der Waals surface area contributed by atoms with Gasteiger partial charge in [0, 0.05) is 45.9 Å². The van der Waals surface area contributed by atoms with E-state index in [1.54, 1.807) is 0 Å². The molecule has 168 valence electrons. The Morgan fingerprint density at radius 2 is 1.53 bits per heavy atom. The van der Waals surface area contributed by atoms with E-state index in [1.165, 1.54) is 18.2 Å². The molecule has 4 rings (SSSR count). The van der Waals surface area contributed by atoms with Crippen LogP contribution >= 0.6 is 0 Å². The molecule has 11 heteroatoms. The Morgan fingerprint density at radius 1 is 1.00 bits per heavy atom. The molecule has 3 saturated heterocycles. The predicted octanol–water partition coefficient (Wildman–Crippen LogP) is 2.09. The van der Waals surface area contributed by atoms with Crippen LogP contribution in [0.15, 0.2) is 4.90 Å². The number of fused-ring (bicyclic) bond motifs is 1.